The Bertz CT molecular complexity index is 317. The summed E-state index contributed by atoms with van der Waals surface area (Å²) in [6.07, 6.45) is 3.42. The lowest BCUT2D eigenvalue weighted by Crippen LogP contribution is -1.97. The molecule has 0 aliphatic rings. The zero-order valence-corrected chi connectivity index (χ0v) is 11.3. The average Bonchev–Trinajstić information content (AvgIpc) is 2.36. The van der Waals surface area contributed by atoms with Crippen molar-refractivity contribution in [2.24, 2.45) is 4.99 Å². The van der Waals surface area contributed by atoms with Gasteiger partial charge in [-0.1, -0.05) is 40.3 Å². The van der Waals surface area contributed by atoms with Gasteiger partial charge in [-0.3, -0.25) is 4.99 Å². The van der Waals surface area contributed by atoms with Crippen LogP contribution in [0, 0.1) is 6.92 Å². The lowest BCUT2D eigenvalue weighted by molar-refractivity contribution is 0.968. The molecule has 1 aromatic heterocycles. The number of aromatic nitrogens is 2. The highest BCUT2D eigenvalue weighted by molar-refractivity contribution is 5.82. The first-order chi connectivity index (χ1) is 7.77. The number of hydrogen-bond acceptors (Lipinski definition) is 3. The van der Waals surface area contributed by atoms with Crippen LogP contribution in [0.5, 0.6) is 0 Å². The lowest BCUT2D eigenvalue weighted by atomic mass is 10.2. The summed E-state index contributed by atoms with van der Waals surface area (Å²) in [4.78, 5) is 3.87. The Labute approximate surface area is 99.3 Å². The van der Waals surface area contributed by atoms with E-state index < -0.39 is 0 Å². The predicted octanol–water partition coefficient (Wildman–Crippen LogP) is 3.53. The van der Waals surface area contributed by atoms with Crippen molar-refractivity contribution in [2.45, 2.75) is 34.6 Å². The number of hydrogen-bond donors (Lipinski definition) is 0. The summed E-state index contributed by atoms with van der Waals surface area (Å²) >= 11 is 0. The summed E-state index contributed by atoms with van der Waals surface area (Å²) < 4.78 is 0. The van der Waals surface area contributed by atoms with Gasteiger partial charge in [0.2, 0.25) is 0 Å². The smallest absolute Gasteiger partial charge is 0.111 e. The molecule has 0 aliphatic carbocycles. The van der Waals surface area contributed by atoms with Crippen molar-refractivity contribution in [1.82, 2.24) is 10.2 Å². The summed E-state index contributed by atoms with van der Waals surface area (Å²) in [7, 11) is 1.70. The van der Waals surface area contributed by atoms with E-state index in [0.29, 0.717) is 0 Å². The van der Waals surface area contributed by atoms with Gasteiger partial charge in [-0.2, -0.15) is 5.10 Å². The van der Waals surface area contributed by atoms with E-state index in [9.17, 15) is 0 Å². The third kappa shape index (κ3) is 6.06. The molecule has 0 saturated carbocycles. The second-order valence-corrected chi connectivity index (χ2v) is 2.42. The van der Waals surface area contributed by atoms with Gasteiger partial charge >= 0.3 is 0 Å². The molecule has 90 valence electrons. The summed E-state index contributed by atoms with van der Waals surface area (Å²) in [5.74, 6) is 0. The molecule has 0 aromatic carbocycles. The summed E-state index contributed by atoms with van der Waals surface area (Å²) in [5.41, 5.74) is 2.62. The fraction of sp³-hybridized carbons (Fsp3) is 0.462. The Morgan fingerprint density at radius 3 is 2.19 bits per heavy atom. The minimum absolute atomic E-state index is 0.762. The Balaban J connectivity index is 0. The Morgan fingerprint density at radius 1 is 1.19 bits per heavy atom. The van der Waals surface area contributed by atoms with Gasteiger partial charge in [0.25, 0.3) is 0 Å². The zero-order chi connectivity index (χ0) is 13.0. The van der Waals surface area contributed by atoms with E-state index in [1.807, 2.05) is 40.7 Å². The van der Waals surface area contributed by atoms with Crippen LogP contribution >= 0.6 is 0 Å². The van der Waals surface area contributed by atoms with E-state index in [0.717, 1.165) is 17.0 Å². The highest BCUT2D eigenvalue weighted by Crippen LogP contribution is 2.05. The molecule has 0 aliphatic heterocycles. The van der Waals surface area contributed by atoms with Crippen LogP contribution < -0.4 is 0 Å². The van der Waals surface area contributed by atoms with Gasteiger partial charge in [0.15, 0.2) is 0 Å². The molecule has 1 aromatic rings. The van der Waals surface area contributed by atoms with Gasteiger partial charge in [0.05, 0.1) is 5.69 Å². The number of nitrogens with zero attached hydrogens (tertiary/aromatic N) is 3. The monoisotopic (exact) mass is 221 g/mol. The fourth-order valence-corrected chi connectivity index (χ4v) is 0.904. The first-order valence-electron chi connectivity index (χ1n) is 5.67. The van der Waals surface area contributed by atoms with Gasteiger partial charge in [-0.05, 0) is 13.0 Å². The SMILES string of the molecule is C=Cc1cc(C)nnc1C=NC.CC.CC. The van der Waals surface area contributed by atoms with Crippen molar-refractivity contribution < 1.29 is 0 Å². The highest BCUT2D eigenvalue weighted by Gasteiger charge is 1.98. The van der Waals surface area contributed by atoms with Gasteiger partial charge < -0.3 is 0 Å². The molecule has 0 radical (unpaired) electrons. The molecule has 3 nitrogen and oxygen atoms in total. The molecule has 0 saturated heterocycles. The van der Waals surface area contributed by atoms with Crippen LogP contribution in [0.1, 0.15) is 44.6 Å². The predicted molar refractivity (Wildman–Crippen MR) is 73.1 cm³/mol. The average molecular weight is 221 g/mol. The minimum Gasteiger partial charge on any atom is -0.294 e. The molecule has 0 amide bonds. The van der Waals surface area contributed by atoms with E-state index in [2.05, 4.69) is 21.8 Å². The molecule has 1 heterocycles. The van der Waals surface area contributed by atoms with Crippen molar-refractivity contribution in [3.8, 4) is 0 Å². The topological polar surface area (TPSA) is 38.1 Å². The zero-order valence-electron chi connectivity index (χ0n) is 11.3. The number of rotatable bonds is 2. The van der Waals surface area contributed by atoms with E-state index in [1.165, 1.54) is 0 Å². The van der Waals surface area contributed by atoms with E-state index in [-0.39, 0.29) is 0 Å². The van der Waals surface area contributed by atoms with E-state index in [1.54, 1.807) is 19.3 Å². The van der Waals surface area contributed by atoms with Crippen molar-refractivity contribution in [3.05, 3.63) is 29.6 Å². The van der Waals surface area contributed by atoms with Gasteiger partial charge in [0, 0.05) is 18.8 Å². The van der Waals surface area contributed by atoms with E-state index in [4.69, 9.17) is 0 Å². The molecule has 3 heteroatoms. The molecular weight excluding hydrogens is 198 g/mol. The Hall–Kier alpha value is -1.51. The Morgan fingerprint density at radius 2 is 1.75 bits per heavy atom. The Kier molecular flexibility index (Phi) is 12.2. The summed E-state index contributed by atoms with van der Waals surface area (Å²) in [5, 5.41) is 7.89. The van der Waals surface area contributed by atoms with Crippen molar-refractivity contribution >= 4 is 12.3 Å². The van der Waals surface area contributed by atoms with Gasteiger partial charge in [0.1, 0.15) is 5.69 Å². The molecular formula is C13H23N3. The first kappa shape index (κ1) is 16.9. The maximum atomic E-state index is 3.97. The second-order valence-electron chi connectivity index (χ2n) is 2.42. The first-order valence-corrected chi connectivity index (χ1v) is 5.67. The third-order valence-corrected chi connectivity index (χ3v) is 1.45. The largest absolute Gasteiger partial charge is 0.294 e. The summed E-state index contributed by atoms with van der Waals surface area (Å²) in [6.45, 7) is 13.6. The van der Waals surface area contributed by atoms with Crippen LogP contribution in [-0.4, -0.2) is 23.5 Å². The third-order valence-electron chi connectivity index (χ3n) is 1.45. The fourth-order valence-electron chi connectivity index (χ4n) is 0.904. The molecule has 0 spiro atoms. The quantitative estimate of drug-likeness (QED) is 0.716. The maximum Gasteiger partial charge on any atom is 0.111 e. The van der Waals surface area contributed by atoms with E-state index >= 15 is 0 Å². The normalized spacial score (nSPS) is 8.62. The van der Waals surface area contributed by atoms with Crippen LogP contribution in [0.2, 0.25) is 0 Å². The van der Waals surface area contributed by atoms with Crippen LogP contribution in [-0.2, 0) is 0 Å². The highest BCUT2D eigenvalue weighted by atomic mass is 15.1. The molecule has 1 rings (SSSR count). The van der Waals surface area contributed by atoms with Crippen LogP contribution in [0.15, 0.2) is 17.6 Å². The lowest BCUT2D eigenvalue weighted by Gasteiger charge is -1.98. The molecule has 0 fully saturated rings. The van der Waals surface area contributed by atoms with Crippen molar-refractivity contribution in [1.29, 1.82) is 0 Å². The van der Waals surface area contributed by atoms with Gasteiger partial charge in [-0.25, -0.2) is 0 Å². The molecule has 0 unspecified atom stereocenters. The summed E-state index contributed by atoms with van der Waals surface area (Å²) in [6, 6.07) is 1.93. The number of aryl methyl sites for hydroxylation is 1. The van der Waals surface area contributed by atoms with Crippen molar-refractivity contribution in [2.75, 3.05) is 7.05 Å². The van der Waals surface area contributed by atoms with Crippen LogP contribution in [0.3, 0.4) is 0 Å². The van der Waals surface area contributed by atoms with Crippen LogP contribution in [0.4, 0.5) is 0 Å². The minimum atomic E-state index is 0.762. The molecule has 0 N–H and O–H groups in total. The molecule has 0 atom stereocenters. The second kappa shape index (κ2) is 11.6. The molecule has 0 bridgehead atoms. The van der Waals surface area contributed by atoms with Gasteiger partial charge in [-0.15, -0.1) is 5.10 Å². The van der Waals surface area contributed by atoms with Crippen molar-refractivity contribution in [3.63, 3.8) is 0 Å². The van der Waals surface area contributed by atoms with Crippen LogP contribution in [0.25, 0.3) is 6.08 Å². The molecule has 16 heavy (non-hydrogen) atoms. The number of aliphatic imine (C=N–C) groups is 1. The standard InChI is InChI=1S/C9H11N3.2C2H6/c1-4-8-5-7(2)11-12-9(8)6-10-3;2*1-2/h4-6H,1H2,2-3H3;2*1-2H3. The maximum absolute atomic E-state index is 3.97.